The molecule has 0 saturated heterocycles. The zero-order chi connectivity index (χ0) is 14.9. The van der Waals surface area contributed by atoms with Gasteiger partial charge in [0.2, 0.25) is 0 Å². The van der Waals surface area contributed by atoms with Crippen molar-refractivity contribution >= 4 is 17.6 Å². The van der Waals surface area contributed by atoms with Crippen LogP contribution in [0.3, 0.4) is 0 Å². The van der Waals surface area contributed by atoms with Crippen LogP contribution in [0.1, 0.15) is 27.2 Å². The van der Waals surface area contributed by atoms with E-state index in [2.05, 4.69) is 5.10 Å². The van der Waals surface area contributed by atoms with E-state index in [0.717, 1.165) is 16.8 Å². The van der Waals surface area contributed by atoms with E-state index in [1.54, 1.807) is 23.9 Å². The minimum Gasteiger partial charge on any atom is -0.488 e. The lowest BCUT2D eigenvalue weighted by molar-refractivity contribution is 0.0692. The highest BCUT2D eigenvalue weighted by Gasteiger charge is 2.15. The third-order valence-electron chi connectivity index (χ3n) is 3.01. The zero-order valence-corrected chi connectivity index (χ0v) is 12.2. The Balaban J connectivity index is 2.27. The zero-order valence-electron chi connectivity index (χ0n) is 11.5. The Morgan fingerprint density at radius 2 is 2.15 bits per heavy atom. The van der Waals surface area contributed by atoms with E-state index in [9.17, 15) is 4.79 Å². The molecule has 1 aromatic carbocycles. The van der Waals surface area contributed by atoms with Crippen LogP contribution in [0.2, 0.25) is 5.15 Å². The molecule has 0 saturated carbocycles. The fourth-order valence-electron chi connectivity index (χ4n) is 1.91. The van der Waals surface area contributed by atoms with Crippen molar-refractivity contribution in [1.29, 1.82) is 0 Å². The van der Waals surface area contributed by atoms with Crippen LogP contribution in [0, 0.1) is 13.8 Å². The summed E-state index contributed by atoms with van der Waals surface area (Å²) >= 11 is 6.12. The molecule has 2 rings (SSSR count). The number of nitrogens with zero attached hydrogens (tertiary/aromatic N) is 2. The fraction of sp³-hybridized carbons (Fsp3) is 0.286. The molecule has 2 aromatic rings. The number of ether oxygens (including phenoxy) is 1. The van der Waals surface area contributed by atoms with Gasteiger partial charge in [0.1, 0.15) is 23.1 Å². The summed E-state index contributed by atoms with van der Waals surface area (Å²) in [5.74, 6) is -0.689. The normalized spacial score (nSPS) is 10.6. The van der Waals surface area contributed by atoms with E-state index in [1.807, 2.05) is 13.8 Å². The molecule has 6 heteroatoms. The highest BCUT2D eigenvalue weighted by atomic mass is 35.5. The number of hydrogen-bond acceptors (Lipinski definition) is 3. The summed E-state index contributed by atoms with van der Waals surface area (Å²) in [7, 11) is 1.74. The van der Waals surface area contributed by atoms with Gasteiger partial charge in [0, 0.05) is 12.6 Å². The largest absolute Gasteiger partial charge is 0.488 e. The van der Waals surface area contributed by atoms with Crippen LogP contribution in [0.25, 0.3) is 0 Å². The first-order valence-corrected chi connectivity index (χ1v) is 6.42. The Kier molecular flexibility index (Phi) is 3.99. The topological polar surface area (TPSA) is 64.3 Å². The number of rotatable bonds is 4. The molecule has 0 amide bonds. The van der Waals surface area contributed by atoms with Crippen molar-refractivity contribution < 1.29 is 14.6 Å². The van der Waals surface area contributed by atoms with Gasteiger partial charge in [0.05, 0.1) is 5.69 Å². The van der Waals surface area contributed by atoms with Crippen molar-refractivity contribution in [1.82, 2.24) is 9.78 Å². The van der Waals surface area contributed by atoms with Crippen molar-refractivity contribution in [2.75, 3.05) is 0 Å². The molecular weight excluding hydrogens is 280 g/mol. The average molecular weight is 295 g/mol. The maximum Gasteiger partial charge on any atom is 0.339 e. The third kappa shape index (κ3) is 2.77. The first kappa shape index (κ1) is 14.4. The van der Waals surface area contributed by atoms with Crippen LogP contribution >= 0.6 is 11.6 Å². The van der Waals surface area contributed by atoms with Crippen LogP contribution in [-0.4, -0.2) is 20.9 Å². The van der Waals surface area contributed by atoms with E-state index in [0.29, 0.717) is 10.9 Å². The Morgan fingerprint density at radius 1 is 1.45 bits per heavy atom. The van der Waals surface area contributed by atoms with Crippen LogP contribution in [0.4, 0.5) is 0 Å². The van der Waals surface area contributed by atoms with Gasteiger partial charge in [0.25, 0.3) is 0 Å². The van der Waals surface area contributed by atoms with Crippen LogP contribution in [0.5, 0.6) is 5.75 Å². The van der Waals surface area contributed by atoms with E-state index in [-0.39, 0.29) is 12.2 Å². The SMILES string of the molecule is Cc1ccc(C(=O)O)c(OCc2c(C)nn(C)c2Cl)c1. The first-order valence-electron chi connectivity index (χ1n) is 6.05. The number of aromatic nitrogens is 2. The van der Waals surface area contributed by atoms with Gasteiger partial charge in [-0.05, 0) is 31.5 Å². The molecule has 5 nitrogen and oxygen atoms in total. The predicted octanol–water partition coefficient (Wildman–Crippen LogP) is 2.97. The fourth-order valence-corrected chi connectivity index (χ4v) is 2.14. The number of benzene rings is 1. The number of carboxylic acids is 1. The van der Waals surface area contributed by atoms with Gasteiger partial charge in [-0.25, -0.2) is 4.79 Å². The van der Waals surface area contributed by atoms with Gasteiger partial charge in [-0.1, -0.05) is 17.7 Å². The lowest BCUT2D eigenvalue weighted by atomic mass is 10.1. The van der Waals surface area contributed by atoms with Gasteiger partial charge in [0.15, 0.2) is 0 Å². The minimum atomic E-state index is -1.02. The molecule has 0 fully saturated rings. The predicted molar refractivity (Wildman–Crippen MR) is 75.4 cm³/mol. The molecule has 1 N–H and O–H groups in total. The second-order valence-corrected chi connectivity index (χ2v) is 4.93. The van der Waals surface area contributed by atoms with Crippen molar-refractivity contribution in [3.05, 3.63) is 45.7 Å². The van der Waals surface area contributed by atoms with E-state index in [1.165, 1.54) is 6.07 Å². The van der Waals surface area contributed by atoms with Gasteiger partial charge in [-0.3, -0.25) is 4.68 Å². The molecular formula is C14H15ClN2O3. The van der Waals surface area contributed by atoms with Crippen LogP contribution in [-0.2, 0) is 13.7 Å². The Hall–Kier alpha value is -2.01. The maximum absolute atomic E-state index is 11.2. The average Bonchev–Trinajstić information content (AvgIpc) is 2.61. The lowest BCUT2D eigenvalue weighted by Crippen LogP contribution is -2.04. The summed E-state index contributed by atoms with van der Waals surface area (Å²) in [5.41, 5.74) is 2.58. The first-order chi connectivity index (χ1) is 9.40. The second-order valence-electron chi connectivity index (χ2n) is 4.57. The summed E-state index contributed by atoms with van der Waals surface area (Å²) < 4.78 is 7.18. The molecule has 0 spiro atoms. The third-order valence-corrected chi connectivity index (χ3v) is 3.48. The van der Waals surface area contributed by atoms with Crippen molar-refractivity contribution in [3.8, 4) is 5.75 Å². The number of aromatic carboxylic acids is 1. The van der Waals surface area contributed by atoms with Crippen molar-refractivity contribution in [3.63, 3.8) is 0 Å². The van der Waals surface area contributed by atoms with E-state index < -0.39 is 5.97 Å². The molecule has 0 radical (unpaired) electrons. The molecule has 20 heavy (non-hydrogen) atoms. The molecule has 1 heterocycles. The maximum atomic E-state index is 11.2. The van der Waals surface area contributed by atoms with Gasteiger partial charge < -0.3 is 9.84 Å². The number of halogens is 1. The smallest absolute Gasteiger partial charge is 0.339 e. The Bertz CT molecular complexity index is 665. The summed E-state index contributed by atoms with van der Waals surface area (Å²) in [4.78, 5) is 11.2. The van der Waals surface area contributed by atoms with Gasteiger partial charge in [-0.15, -0.1) is 0 Å². The molecule has 1 aromatic heterocycles. The van der Waals surface area contributed by atoms with Crippen LogP contribution < -0.4 is 4.74 Å². The molecule has 0 unspecified atom stereocenters. The monoisotopic (exact) mass is 294 g/mol. The summed E-state index contributed by atoms with van der Waals surface area (Å²) in [5, 5.41) is 13.8. The summed E-state index contributed by atoms with van der Waals surface area (Å²) in [6, 6.07) is 4.96. The second kappa shape index (κ2) is 5.54. The van der Waals surface area contributed by atoms with Gasteiger partial charge in [-0.2, -0.15) is 5.10 Å². The summed E-state index contributed by atoms with van der Waals surface area (Å²) in [6.45, 7) is 3.89. The van der Waals surface area contributed by atoms with E-state index >= 15 is 0 Å². The highest BCUT2D eigenvalue weighted by molar-refractivity contribution is 6.30. The minimum absolute atomic E-state index is 0.133. The molecule has 0 aliphatic heterocycles. The number of carbonyl (C=O) groups is 1. The van der Waals surface area contributed by atoms with Crippen molar-refractivity contribution in [2.24, 2.45) is 7.05 Å². The van der Waals surface area contributed by atoms with Crippen LogP contribution in [0.15, 0.2) is 18.2 Å². The highest BCUT2D eigenvalue weighted by Crippen LogP contribution is 2.24. The quantitative estimate of drug-likeness (QED) is 0.941. The molecule has 0 bridgehead atoms. The molecule has 0 atom stereocenters. The van der Waals surface area contributed by atoms with Crippen molar-refractivity contribution in [2.45, 2.75) is 20.5 Å². The number of hydrogen-bond donors (Lipinski definition) is 1. The molecule has 0 aliphatic carbocycles. The number of aryl methyl sites for hydroxylation is 3. The number of carboxylic acid groups (broad SMARTS) is 1. The molecule has 0 aliphatic rings. The Labute approximate surface area is 121 Å². The standard InChI is InChI=1S/C14H15ClN2O3/c1-8-4-5-10(14(18)19)12(6-8)20-7-11-9(2)16-17(3)13(11)15/h4-6H,7H2,1-3H3,(H,18,19). The van der Waals surface area contributed by atoms with E-state index in [4.69, 9.17) is 21.4 Å². The Morgan fingerprint density at radius 3 is 2.70 bits per heavy atom. The lowest BCUT2D eigenvalue weighted by Gasteiger charge is -2.10. The van der Waals surface area contributed by atoms with Gasteiger partial charge >= 0.3 is 5.97 Å². The molecule has 106 valence electrons. The summed E-state index contributed by atoms with van der Waals surface area (Å²) in [6.07, 6.45) is 0.